The van der Waals surface area contributed by atoms with E-state index in [1.165, 1.54) is 0 Å². The summed E-state index contributed by atoms with van der Waals surface area (Å²) in [4.78, 5) is 1.11. The number of halogens is 1. The zero-order valence-electron chi connectivity index (χ0n) is 10.8. The zero-order valence-corrected chi connectivity index (χ0v) is 13.2. The summed E-state index contributed by atoms with van der Waals surface area (Å²) in [5.74, 6) is 1.25. The first-order valence-electron chi connectivity index (χ1n) is 6.19. The molecular weight excluding hydrogens is 338 g/mol. The van der Waals surface area contributed by atoms with Crippen LogP contribution in [-0.2, 0) is 0 Å². The molecule has 0 heterocycles. The van der Waals surface area contributed by atoms with E-state index in [0.29, 0.717) is 17.2 Å². The lowest BCUT2D eigenvalue weighted by atomic mass is 10.3. The summed E-state index contributed by atoms with van der Waals surface area (Å²) >= 11 is 5.07. The SMILES string of the molecule is Nc1cccc(OCC(O)CSc2ccccc2Br)c1. The van der Waals surface area contributed by atoms with Crippen LogP contribution in [0, 0.1) is 0 Å². The Bertz CT molecular complexity index is 565. The highest BCUT2D eigenvalue weighted by Gasteiger charge is 2.08. The molecule has 0 amide bonds. The van der Waals surface area contributed by atoms with Crippen LogP contribution in [0.25, 0.3) is 0 Å². The summed E-state index contributed by atoms with van der Waals surface area (Å²) in [5, 5.41) is 9.94. The van der Waals surface area contributed by atoms with Gasteiger partial charge in [-0.1, -0.05) is 18.2 Å². The van der Waals surface area contributed by atoms with Crippen molar-refractivity contribution in [2.24, 2.45) is 0 Å². The van der Waals surface area contributed by atoms with Gasteiger partial charge in [0.15, 0.2) is 0 Å². The average molecular weight is 354 g/mol. The number of aliphatic hydroxyl groups excluding tert-OH is 1. The summed E-state index contributed by atoms with van der Waals surface area (Å²) in [6, 6.07) is 15.1. The standard InChI is InChI=1S/C15H16BrNO2S/c16-14-6-1-2-7-15(14)20-10-12(18)9-19-13-5-3-4-11(17)8-13/h1-8,12,18H,9-10,17H2. The van der Waals surface area contributed by atoms with Gasteiger partial charge in [0.05, 0.1) is 6.10 Å². The molecule has 106 valence electrons. The van der Waals surface area contributed by atoms with Gasteiger partial charge < -0.3 is 15.6 Å². The molecular formula is C15H16BrNO2S. The van der Waals surface area contributed by atoms with E-state index in [9.17, 15) is 5.11 Å². The van der Waals surface area contributed by atoms with Crippen molar-refractivity contribution in [1.29, 1.82) is 0 Å². The number of nitrogens with two attached hydrogens (primary N) is 1. The molecule has 0 spiro atoms. The fourth-order valence-electron chi connectivity index (χ4n) is 1.59. The summed E-state index contributed by atoms with van der Waals surface area (Å²) in [5.41, 5.74) is 6.32. The Kier molecular flexibility index (Phi) is 5.76. The highest BCUT2D eigenvalue weighted by atomic mass is 79.9. The number of hydrogen-bond donors (Lipinski definition) is 2. The van der Waals surface area contributed by atoms with Crippen molar-refractivity contribution in [3.63, 3.8) is 0 Å². The van der Waals surface area contributed by atoms with E-state index in [1.54, 1.807) is 23.9 Å². The molecule has 2 rings (SSSR count). The number of thioether (sulfide) groups is 1. The van der Waals surface area contributed by atoms with Gasteiger partial charge >= 0.3 is 0 Å². The number of hydrogen-bond acceptors (Lipinski definition) is 4. The van der Waals surface area contributed by atoms with E-state index in [4.69, 9.17) is 10.5 Å². The Labute approximate surface area is 131 Å². The van der Waals surface area contributed by atoms with Crippen LogP contribution in [0.5, 0.6) is 5.75 Å². The predicted molar refractivity (Wildman–Crippen MR) is 87.2 cm³/mol. The van der Waals surface area contributed by atoms with Gasteiger partial charge in [0.2, 0.25) is 0 Å². The van der Waals surface area contributed by atoms with Crippen LogP contribution in [0.3, 0.4) is 0 Å². The van der Waals surface area contributed by atoms with Crippen LogP contribution >= 0.6 is 27.7 Å². The summed E-state index contributed by atoms with van der Waals surface area (Å²) in [7, 11) is 0. The monoisotopic (exact) mass is 353 g/mol. The minimum absolute atomic E-state index is 0.251. The van der Waals surface area contributed by atoms with Gasteiger partial charge in [0.1, 0.15) is 12.4 Å². The minimum Gasteiger partial charge on any atom is -0.491 e. The molecule has 3 N–H and O–H groups in total. The van der Waals surface area contributed by atoms with E-state index in [-0.39, 0.29) is 6.61 Å². The normalized spacial score (nSPS) is 12.1. The van der Waals surface area contributed by atoms with Crippen LogP contribution < -0.4 is 10.5 Å². The first-order valence-corrected chi connectivity index (χ1v) is 7.97. The van der Waals surface area contributed by atoms with Gasteiger partial charge in [-0.05, 0) is 40.2 Å². The van der Waals surface area contributed by atoms with Crippen molar-refractivity contribution >= 4 is 33.4 Å². The second kappa shape index (κ2) is 7.57. The third-order valence-electron chi connectivity index (χ3n) is 2.57. The lowest BCUT2D eigenvalue weighted by Gasteiger charge is -2.13. The first kappa shape index (κ1) is 15.2. The van der Waals surface area contributed by atoms with Crippen LogP contribution in [0.1, 0.15) is 0 Å². The molecule has 2 aromatic rings. The number of rotatable bonds is 6. The molecule has 2 aromatic carbocycles. The molecule has 20 heavy (non-hydrogen) atoms. The second-order valence-electron chi connectivity index (χ2n) is 4.28. The molecule has 1 atom stereocenters. The van der Waals surface area contributed by atoms with Gasteiger partial charge in [-0.3, -0.25) is 0 Å². The number of aliphatic hydroxyl groups is 1. The number of anilines is 1. The van der Waals surface area contributed by atoms with E-state index >= 15 is 0 Å². The molecule has 3 nitrogen and oxygen atoms in total. The fourth-order valence-corrected chi connectivity index (χ4v) is 3.07. The molecule has 0 aliphatic heterocycles. The van der Waals surface area contributed by atoms with Crippen LogP contribution in [0.15, 0.2) is 57.9 Å². The van der Waals surface area contributed by atoms with Crippen molar-refractivity contribution in [3.8, 4) is 5.75 Å². The summed E-state index contributed by atoms with van der Waals surface area (Å²) in [6.45, 7) is 0.251. The third-order valence-corrected chi connectivity index (χ3v) is 4.74. The zero-order chi connectivity index (χ0) is 14.4. The molecule has 0 radical (unpaired) electrons. The quantitative estimate of drug-likeness (QED) is 0.615. The average Bonchev–Trinajstić information content (AvgIpc) is 2.44. The van der Waals surface area contributed by atoms with E-state index in [1.807, 2.05) is 36.4 Å². The first-order chi connectivity index (χ1) is 9.65. The Balaban J connectivity index is 1.78. The second-order valence-corrected chi connectivity index (χ2v) is 6.19. The number of nitrogen functional groups attached to an aromatic ring is 1. The van der Waals surface area contributed by atoms with Crippen molar-refractivity contribution in [1.82, 2.24) is 0 Å². The molecule has 0 saturated carbocycles. The maximum atomic E-state index is 9.94. The highest BCUT2D eigenvalue weighted by molar-refractivity contribution is 9.10. The van der Waals surface area contributed by atoms with Crippen molar-refractivity contribution in [2.45, 2.75) is 11.0 Å². The molecule has 0 aliphatic rings. The van der Waals surface area contributed by atoms with Gasteiger partial charge in [-0.2, -0.15) is 0 Å². The van der Waals surface area contributed by atoms with Crippen LogP contribution in [0.2, 0.25) is 0 Å². The number of benzene rings is 2. The van der Waals surface area contributed by atoms with Crippen LogP contribution in [0.4, 0.5) is 5.69 Å². The lowest BCUT2D eigenvalue weighted by molar-refractivity contribution is 0.126. The molecule has 0 fully saturated rings. The topological polar surface area (TPSA) is 55.5 Å². The molecule has 0 aliphatic carbocycles. The van der Waals surface area contributed by atoms with Crippen molar-refractivity contribution < 1.29 is 9.84 Å². The molecule has 0 aromatic heterocycles. The van der Waals surface area contributed by atoms with Gasteiger partial charge in [-0.25, -0.2) is 0 Å². The molecule has 5 heteroatoms. The van der Waals surface area contributed by atoms with Gasteiger partial charge in [-0.15, -0.1) is 11.8 Å². The smallest absolute Gasteiger partial charge is 0.121 e. The Morgan fingerprint density at radius 3 is 2.75 bits per heavy atom. The maximum absolute atomic E-state index is 9.94. The van der Waals surface area contributed by atoms with E-state index in [0.717, 1.165) is 9.37 Å². The summed E-state index contributed by atoms with van der Waals surface area (Å²) < 4.78 is 6.55. The number of ether oxygens (including phenoxy) is 1. The largest absolute Gasteiger partial charge is 0.491 e. The molecule has 1 unspecified atom stereocenters. The molecule has 0 saturated heterocycles. The van der Waals surface area contributed by atoms with Crippen LogP contribution in [-0.4, -0.2) is 23.6 Å². The van der Waals surface area contributed by atoms with E-state index in [2.05, 4.69) is 15.9 Å². The van der Waals surface area contributed by atoms with Crippen molar-refractivity contribution in [2.75, 3.05) is 18.1 Å². The Hall–Kier alpha value is -1.17. The maximum Gasteiger partial charge on any atom is 0.121 e. The lowest BCUT2D eigenvalue weighted by Crippen LogP contribution is -2.20. The van der Waals surface area contributed by atoms with Crippen molar-refractivity contribution in [3.05, 3.63) is 53.0 Å². The Morgan fingerprint density at radius 2 is 2.00 bits per heavy atom. The minimum atomic E-state index is -0.534. The fraction of sp³-hybridized carbons (Fsp3) is 0.200. The Morgan fingerprint density at radius 1 is 1.20 bits per heavy atom. The summed E-state index contributed by atoms with van der Waals surface area (Å²) in [6.07, 6.45) is -0.534. The molecule has 0 bridgehead atoms. The van der Waals surface area contributed by atoms with Gasteiger partial charge in [0.25, 0.3) is 0 Å². The highest BCUT2D eigenvalue weighted by Crippen LogP contribution is 2.27. The third kappa shape index (κ3) is 4.74. The van der Waals surface area contributed by atoms with E-state index < -0.39 is 6.10 Å². The predicted octanol–water partition coefficient (Wildman–Crippen LogP) is 3.56. The van der Waals surface area contributed by atoms with Gasteiger partial charge in [0, 0.05) is 26.9 Å².